The van der Waals surface area contributed by atoms with Crippen LogP contribution >= 0.6 is 11.3 Å². The summed E-state index contributed by atoms with van der Waals surface area (Å²) in [6, 6.07) is 71.4. The van der Waals surface area contributed by atoms with Gasteiger partial charge in [-0.25, -0.2) is 4.98 Å². The second-order valence-electron chi connectivity index (χ2n) is 17.1. The van der Waals surface area contributed by atoms with Crippen LogP contribution in [0.5, 0.6) is 0 Å². The van der Waals surface area contributed by atoms with Gasteiger partial charge < -0.3 is 8.98 Å². The second-order valence-corrected chi connectivity index (χ2v) is 18.2. The summed E-state index contributed by atoms with van der Waals surface area (Å²) in [5, 5.41) is 13.5. The molecule has 0 radical (unpaired) electrons. The fraction of sp³-hybridized carbons (Fsp3) is 0. The maximum atomic E-state index is 6.87. The van der Waals surface area contributed by atoms with Crippen LogP contribution in [0.3, 0.4) is 0 Å². The molecule has 7 heteroatoms. The van der Waals surface area contributed by atoms with Gasteiger partial charge in [0.2, 0.25) is 5.95 Å². The first kappa shape index (κ1) is 35.8. The van der Waals surface area contributed by atoms with E-state index >= 15 is 0 Å². The van der Waals surface area contributed by atoms with E-state index in [9.17, 15) is 0 Å². The summed E-state index contributed by atoms with van der Waals surface area (Å²) in [6.45, 7) is 0. The molecule has 10 aromatic carbocycles. The Kier molecular flexibility index (Phi) is 7.28. The van der Waals surface area contributed by atoms with Gasteiger partial charge >= 0.3 is 0 Å². The number of rotatable bonds is 4. The van der Waals surface area contributed by atoms with Crippen LogP contribution in [-0.4, -0.2) is 24.1 Å². The Balaban J connectivity index is 1.14. The number of para-hydroxylation sites is 3. The zero-order valence-corrected chi connectivity index (χ0v) is 35.9. The molecule has 0 N–H and O–H groups in total. The zero-order chi connectivity index (χ0) is 43.0. The number of furan rings is 1. The SMILES string of the molecule is c1ccc2cc3c(cc2c1)oc1ccc(-n2c4ccccc4c4cc5ccccc5cc42)c(-c2nc(-c4cccc5sc6ccccc6c45)nc(-n4c5ccccc5c5ccccc54)n2)c13. The van der Waals surface area contributed by atoms with E-state index in [2.05, 4.69) is 209 Å². The molecule has 0 spiro atoms. The van der Waals surface area contributed by atoms with Crippen LogP contribution in [0, 0.1) is 0 Å². The van der Waals surface area contributed by atoms with Gasteiger partial charge in [-0.15, -0.1) is 11.3 Å². The average Bonchev–Trinajstić information content (AvgIpc) is 4.12. The highest BCUT2D eigenvalue weighted by atomic mass is 32.1. The summed E-state index contributed by atoms with van der Waals surface area (Å²) in [6.07, 6.45) is 0. The van der Waals surface area contributed by atoms with Gasteiger partial charge in [-0.2, -0.15) is 9.97 Å². The average molecular weight is 860 g/mol. The minimum Gasteiger partial charge on any atom is -0.456 e. The molecule has 0 unspecified atom stereocenters. The monoisotopic (exact) mass is 859 g/mol. The standard InChI is InChI=1S/C59H33N5OS/c1-3-16-36-32-49-43(30-34(36)14-1)40-20-7-9-23-45(40)63(49)48-28-29-50-55(44-31-35-15-2-4-17-37(35)33-51(44)65-50)56(48)58-60-57(42-22-13-27-53-54(42)41-21-8-12-26-52(41)66-53)61-59(62-58)64-46-24-10-5-18-38(46)39-19-6-11-25-47(39)64/h1-33H. The molecular formula is C59H33N5OS. The highest BCUT2D eigenvalue weighted by Crippen LogP contribution is 2.46. The largest absolute Gasteiger partial charge is 0.456 e. The number of hydrogen-bond donors (Lipinski definition) is 0. The molecule has 0 fully saturated rings. The van der Waals surface area contributed by atoms with Gasteiger partial charge in [0.25, 0.3) is 0 Å². The molecule has 66 heavy (non-hydrogen) atoms. The molecule has 5 heterocycles. The van der Waals surface area contributed by atoms with Gasteiger partial charge in [0.05, 0.1) is 33.3 Å². The number of aromatic nitrogens is 5. The molecule has 15 aromatic rings. The molecule has 0 bridgehead atoms. The zero-order valence-electron chi connectivity index (χ0n) is 35.1. The molecule has 5 aromatic heterocycles. The van der Waals surface area contributed by atoms with Crippen molar-refractivity contribution in [2.45, 2.75) is 0 Å². The summed E-state index contributed by atoms with van der Waals surface area (Å²) in [5.74, 6) is 1.69. The molecule has 0 aliphatic rings. The van der Waals surface area contributed by atoms with Crippen molar-refractivity contribution in [3.8, 4) is 34.4 Å². The van der Waals surface area contributed by atoms with Gasteiger partial charge in [-0.3, -0.25) is 4.57 Å². The molecule has 306 valence electrons. The van der Waals surface area contributed by atoms with Gasteiger partial charge in [0.15, 0.2) is 11.6 Å². The van der Waals surface area contributed by atoms with Crippen molar-refractivity contribution in [1.29, 1.82) is 0 Å². The van der Waals surface area contributed by atoms with E-state index in [0.717, 1.165) is 87.8 Å². The summed E-state index contributed by atoms with van der Waals surface area (Å²) in [7, 11) is 0. The Hall–Kier alpha value is -8.65. The van der Waals surface area contributed by atoms with Crippen LogP contribution in [0.1, 0.15) is 0 Å². The topological polar surface area (TPSA) is 61.7 Å². The molecule has 0 aliphatic carbocycles. The van der Waals surface area contributed by atoms with Gasteiger partial charge in [-0.1, -0.05) is 133 Å². The number of fused-ring (bicyclic) bond motifs is 14. The van der Waals surface area contributed by atoms with Crippen LogP contribution in [0.2, 0.25) is 0 Å². The smallest absolute Gasteiger partial charge is 0.238 e. The van der Waals surface area contributed by atoms with Crippen LogP contribution in [-0.2, 0) is 0 Å². The molecule has 6 nitrogen and oxygen atoms in total. The Labute approximate surface area is 379 Å². The van der Waals surface area contributed by atoms with E-state index < -0.39 is 0 Å². The number of thiophene rings is 1. The third-order valence-electron chi connectivity index (χ3n) is 13.5. The lowest BCUT2D eigenvalue weighted by atomic mass is 10.0. The molecule has 0 saturated carbocycles. The van der Waals surface area contributed by atoms with Crippen molar-refractivity contribution >= 4 is 119 Å². The van der Waals surface area contributed by atoms with Crippen LogP contribution < -0.4 is 0 Å². The van der Waals surface area contributed by atoms with Gasteiger partial charge in [0.1, 0.15) is 11.2 Å². The van der Waals surface area contributed by atoms with Gasteiger partial charge in [-0.05, 0) is 88.3 Å². The van der Waals surface area contributed by atoms with Crippen LogP contribution in [0.25, 0.3) is 142 Å². The number of hydrogen-bond acceptors (Lipinski definition) is 5. The predicted octanol–water partition coefficient (Wildman–Crippen LogP) is 16.0. The summed E-state index contributed by atoms with van der Waals surface area (Å²) in [4.78, 5) is 16.9. The highest BCUT2D eigenvalue weighted by molar-refractivity contribution is 7.25. The van der Waals surface area contributed by atoms with Crippen LogP contribution in [0.15, 0.2) is 205 Å². The third kappa shape index (κ3) is 5.03. The van der Waals surface area contributed by atoms with Crippen LogP contribution in [0.4, 0.5) is 0 Å². The Morgan fingerprint density at radius 3 is 1.65 bits per heavy atom. The molecule has 0 saturated heterocycles. The molecule has 0 amide bonds. The van der Waals surface area contributed by atoms with E-state index in [1.807, 2.05) is 0 Å². The number of benzene rings is 10. The quantitative estimate of drug-likeness (QED) is 0.177. The van der Waals surface area contributed by atoms with E-state index in [1.54, 1.807) is 11.3 Å². The van der Waals surface area contributed by atoms with Gasteiger partial charge in [0, 0.05) is 58.1 Å². The lowest BCUT2D eigenvalue weighted by Crippen LogP contribution is -2.08. The first-order valence-electron chi connectivity index (χ1n) is 22.2. The van der Waals surface area contributed by atoms with E-state index in [0.29, 0.717) is 17.6 Å². The van der Waals surface area contributed by atoms with E-state index in [4.69, 9.17) is 19.4 Å². The Morgan fingerprint density at radius 1 is 0.364 bits per heavy atom. The predicted molar refractivity (Wildman–Crippen MR) is 275 cm³/mol. The lowest BCUT2D eigenvalue weighted by molar-refractivity contribution is 0.669. The van der Waals surface area contributed by atoms with E-state index in [1.165, 1.54) is 36.3 Å². The third-order valence-corrected chi connectivity index (χ3v) is 14.7. The first-order chi connectivity index (χ1) is 32.7. The van der Waals surface area contributed by atoms with E-state index in [-0.39, 0.29) is 0 Å². The molecule has 15 rings (SSSR count). The Bertz CT molecular complexity index is 4500. The van der Waals surface area contributed by atoms with Crippen molar-refractivity contribution in [3.05, 3.63) is 200 Å². The maximum Gasteiger partial charge on any atom is 0.238 e. The second kappa shape index (κ2) is 13.4. The van der Waals surface area contributed by atoms with Crippen molar-refractivity contribution in [2.24, 2.45) is 0 Å². The molecular weight excluding hydrogens is 827 g/mol. The fourth-order valence-electron chi connectivity index (χ4n) is 10.7. The minimum atomic E-state index is 0.540. The van der Waals surface area contributed by atoms with Crippen molar-refractivity contribution in [2.75, 3.05) is 0 Å². The molecule has 0 aliphatic heterocycles. The maximum absolute atomic E-state index is 6.87. The van der Waals surface area contributed by atoms with Crippen molar-refractivity contribution in [1.82, 2.24) is 24.1 Å². The lowest BCUT2D eigenvalue weighted by Gasteiger charge is -2.17. The highest BCUT2D eigenvalue weighted by Gasteiger charge is 2.26. The Morgan fingerprint density at radius 2 is 0.924 bits per heavy atom. The van der Waals surface area contributed by atoms with Crippen molar-refractivity contribution in [3.63, 3.8) is 0 Å². The van der Waals surface area contributed by atoms with Crippen molar-refractivity contribution < 1.29 is 4.42 Å². The number of nitrogens with zero attached hydrogens (tertiary/aromatic N) is 5. The summed E-state index contributed by atoms with van der Waals surface area (Å²) < 4.78 is 13.9. The summed E-state index contributed by atoms with van der Waals surface area (Å²) in [5.41, 5.74) is 8.57. The fourth-order valence-corrected chi connectivity index (χ4v) is 11.8. The normalized spacial score (nSPS) is 12.2. The first-order valence-corrected chi connectivity index (χ1v) is 23.0. The minimum absolute atomic E-state index is 0.540. The summed E-state index contributed by atoms with van der Waals surface area (Å²) >= 11 is 1.79. The molecule has 0 atom stereocenters.